The van der Waals surface area contributed by atoms with Gasteiger partial charge in [0.15, 0.2) is 15.8 Å². The number of hydrogen-bond acceptors (Lipinski definition) is 5. The van der Waals surface area contributed by atoms with Gasteiger partial charge in [0.1, 0.15) is 6.61 Å². The van der Waals surface area contributed by atoms with E-state index in [1.807, 2.05) is 55.5 Å². The van der Waals surface area contributed by atoms with Gasteiger partial charge in [-0.25, -0.2) is 0 Å². The summed E-state index contributed by atoms with van der Waals surface area (Å²) in [5, 5.41) is 0. The highest BCUT2D eigenvalue weighted by atomic mass is 32.2. The van der Waals surface area contributed by atoms with E-state index in [1.165, 1.54) is 11.8 Å². The molecule has 6 heteroatoms. The topological polar surface area (TPSA) is 38.8 Å². The summed E-state index contributed by atoms with van der Waals surface area (Å²) in [7, 11) is 1.58. The molecule has 0 aromatic heterocycles. The molecule has 1 amide bonds. The standard InChI is InChI=1S/C21H19NO3S2/c1-4-11-25-17-10-7-15(12-18(17)24-3)13-19-20(23)22(21(26)27-19)16-8-5-14(2)6-9-16/h4-10,12-13H,1,11H2,2-3H3/b19-13+. The van der Waals surface area contributed by atoms with Gasteiger partial charge in [0, 0.05) is 0 Å². The largest absolute Gasteiger partial charge is 0.493 e. The Morgan fingerprint density at radius 1 is 1.19 bits per heavy atom. The molecule has 0 bridgehead atoms. The zero-order valence-electron chi connectivity index (χ0n) is 15.1. The Kier molecular flexibility index (Phi) is 5.98. The van der Waals surface area contributed by atoms with Gasteiger partial charge < -0.3 is 9.47 Å². The summed E-state index contributed by atoms with van der Waals surface area (Å²) in [6.45, 7) is 6.03. The first kappa shape index (κ1) is 19.2. The molecule has 0 spiro atoms. The van der Waals surface area contributed by atoms with Gasteiger partial charge in [0.05, 0.1) is 17.7 Å². The van der Waals surface area contributed by atoms with Crippen molar-refractivity contribution < 1.29 is 14.3 Å². The van der Waals surface area contributed by atoms with E-state index in [1.54, 1.807) is 18.1 Å². The van der Waals surface area contributed by atoms with Crippen LogP contribution in [0.25, 0.3) is 6.08 Å². The number of rotatable bonds is 6. The van der Waals surface area contributed by atoms with Gasteiger partial charge in [-0.05, 0) is 42.8 Å². The molecule has 4 nitrogen and oxygen atoms in total. The lowest BCUT2D eigenvalue weighted by Crippen LogP contribution is -2.27. The van der Waals surface area contributed by atoms with E-state index in [2.05, 4.69) is 6.58 Å². The fourth-order valence-corrected chi connectivity index (χ4v) is 3.88. The average molecular weight is 398 g/mol. The Balaban J connectivity index is 1.87. The molecule has 27 heavy (non-hydrogen) atoms. The first-order valence-corrected chi connectivity index (χ1v) is 9.52. The molecule has 0 saturated carbocycles. The van der Waals surface area contributed by atoms with E-state index in [4.69, 9.17) is 21.7 Å². The quantitative estimate of drug-likeness (QED) is 0.391. The summed E-state index contributed by atoms with van der Waals surface area (Å²) in [5.74, 6) is 1.10. The highest BCUT2D eigenvalue weighted by molar-refractivity contribution is 8.27. The van der Waals surface area contributed by atoms with Crippen molar-refractivity contribution in [2.24, 2.45) is 0 Å². The van der Waals surface area contributed by atoms with Crippen molar-refractivity contribution in [3.63, 3.8) is 0 Å². The number of thiocarbonyl (C=S) groups is 1. The average Bonchev–Trinajstić information content (AvgIpc) is 2.94. The molecule has 1 aliphatic heterocycles. The number of amides is 1. The Morgan fingerprint density at radius 2 is 1.93 bits per heavy atom. The maximum absolute atomic E-state index is 12.9. The molecule has 0 unspecified atom stereocenters. The number of hydrogen-bond donors (Lipinski definition) is 0. The summed E-state index contributed by atoms with van der Waals surface area (Å²) in [6.07, 6.45) is 3.48. The minimum Gasteiger partial charge on any atom is -0.493 e. The maximum atomic E-state index is 12.9. The molecular formula is C21H19NO3S2. The van der Waals surface area contributed by atoms with Crippen LogP contribution in [0.3, 0.4) is 0 Å². The Hall–Kier alpha value is -2.57. The van der Waals surface area contributed by atoms with E-state index >= 15 is 0 Å². The van der Waals surface area contributed by atoms with Crippen LogP contribution in [0.15, 0.2) is 60.0 Å². The molecule has 3 rings (SSSR count). The van der Waals surface area contributed by atoms with Crippen LogP contribution in [0.2, 0.25) is 0 Å². The zero-order valence-corrected chi connectivity index (χ0v) is 16.7. The normalized spacial score (nSPS) is 15.3. The maximum Gasteiger partial charge on any atom is 0.270 e. The number of nitrogens with zero attached hydrogens (tertiary/aromatic N) is 1. The van der Waals surface area contributed by atoms with Gasteiger partial charge in [-0.3, -0.25) is 9.69 Å². The third-order valence-electron chi connectivity index (χ3n) is 3.93. The van der Waals surface area contributed by atoms with Crippen LogP contribution in [0.5, 0.6) is 11.5 Å². The monoisotopic (exact) mass is 397 g/mol. The molecule has 1 heterocycles. The minimum atomic E-state index is -0.125. The Morgan fingerprint density at radius 3 is 2.59 bits per heavy atom. The van der Waals surface area contributed by atoms with Crippen molar-refractivity contribution in [1.82, 2.24) is 0 Å². The lowest BCUT2D eigenvalue weighted by Gasteiger charge is -2.14. The molecule has 1 fully saturated rings. The molecular weight excluding hydrogens is 378 g/mol. The van der Waals surface area contributed by atoms with Crippen molar-refractivity contribution in [3.05, 3.63) is 71.2 Å². The molecule has 138 valence electrons. The number of anilines is 1. The second kappa shape index (κ2) is 8.41. The lowest BCUT2D eigenvalue weighted by atomic mass is 10.1. The predicted molar refractivity (Wildman–Crippen MR) is 116 cm³/mol. The lowest BCUT2D eigenvalue weighted by molar-refractivity contribution is -0.113. The van der Waals surface area contributed by atoms with E-state index in [9.17, 15) is 4.79 Å². The smallest absolute Gasteiger partial charge is 0.270 e. The number of aryl methyl sites for hydroxylation is 1. The summed E-state index contributed by atoms with van der Waals surface area (Å²) >= 11 is 6.71. The van der Waals surface area contributed by atoms with Gasteiger partial charge in [-0.2, -0.15) is 0 Å². The Bertz CT molecular complexity index is 920. The summed E-state index contributed by atoms with van der Waals surface area (Å²) < 4.78 is 11.5. The Labute approximate surface area is 168 Å². The van der Waals surface area contributed by atoms with Crippen molar-refractivity contribution in [3.8, 4) is 11.5 Å². The van der Waals surface area contributed by atoms with E-state index in [-0.39, 0.29) is 5.91 Å². The van der Waals surface area contributed by atoms with E-state index < -0.39 is 0 Å². The van der Waals surface area contributed by atoms with Crippen molar-refractivity contribution in [2.75, 3.05) is 18.6 Å². The van der Waals surface area contributed by atoms with Gasteiger partial charge in [0.2, 0.25) is 0 Å². The first-order chi connectivity index (χ1) is 13.0. The number of methoxy groups -OCH3 is 1. The van der Waals surface area contributed by atoms with Crippen LogP contribution in [0, 0.1) is 6.92 Å². The van der Waals surface area contributed by atoms with Crippen LogP contribution < -0.4 is 14.4 Å². The van der Waals surface area contributed by atoms with Crippen molar-refractivity contribution in [2.45, 2.75) is 6.92 Å². The van der Waals surface area contributed by atoms with Crippen LogP contribution in [-0.2, 0) is 4.79 Å². The van der Waals surface area contributed by atoms with Crippen LogP contribution >= 0.6 is 24.0 Å². The second-order valence-corrected chi connectivity index (χ2v) is 7.54. The number of carbonyl (C=O) groups is 1. The summed E-state index contributed by atoms with van der Waals surface area (Å²) in [6, 6.07) is 13.2. The molecule has 2 aromatic carbocycles. The van der Waals surface area contributed by atoms with Crippen LogP contribution in [0.4, 0.5) is 5.69 Å². The fraction of sp³-hybridized carbons (Fsp3) is 0.143. The van der Waals surface area contributed by atoms with Gasteiger partial charge >= 0.3 is 0 Å². The fourth-order valence-electron chi connectivity index (χ4n) is 2.58. The first-order valence-electron chi connectivity index (χ1n) is 8.30. The molecule has 1 saturated heterocycles. The van der Waals surface area contributed by atoms with E-state index in [0.29, 0.717) is 27.3 Å². The van der Waals surface area contributed by atoms with Crippen LogP contribution in [-0.4, -0.2) is 23.9 Å². The molecule has 0 N–H and O–H groups in total. The van der Waals surface area contributed by atoms with Gasteiger partial charge in [-0.15, -0.1) is 0 Å². The summed E-state index contributed by atoms with van der Waals surface area (Å²) in [4.78, 5) is 15.0. The van der Waals surface area contributed by atoms with Crippen LogP contribution in [0.1, 0.15) is 11.1 Å². The SMILES string of the molecule is C=CCOc1ccc(/C=C2/SC(=S)N(c3ccc(C)cc3)C2=O)cc1OC. The van der Waals surface area contributed by atoms with Gasteiger partial charge in [-0.1, -0.05) is 60.4 Å². The molecule has 0 aliphatic carbocycles. The second-order valence-electron chi connectivity index (χ2n) is 5.86. The number of thioether (sulfide) groups is 1. The third kappa shape index (κ3) is 4.23. The molecule has 0 radical (unpaired) electrons. The zero-order chi connectivity index (χ0) is 19.4. The highest BCUT2D eigenvalue weighted by Crippen LogP contribution is 2.37. The van der Waals surface area contributed by atoms with Crippen molar-refractivity contribution >= 4 is 46.0 Å². The number of benzene rings is 2. The molecule has 2 aromatic rings. The minimum absolute atomic E-state index is 0.125. The predicted octanol–water partition coefficient (Wildman–Crippen LogP) is 4.97. The summed E-state index contributed by atoms with van der Waals surface area (Å²) in [5.41, 5.74) is 2.74. The molecule has 1 aliphatic rings. The van der Waals surface area contributed by atoms with Crippen molar-refractivity contribution in [1.29, 1.82) is 0 Å². The molecule has 0 atom stereocenters. The third-order valence-corrected chi connectivity index (χ3v) is 5.23. The number of ether oxygens (including phenoxy) is 2. The van der Waals surface area contributed by atoms with Gasteiger partial charge in [0.25, 0.3) is 5.91 Å². The number of carbonyl (C=O) groups excluding carboxylic acids is 1. The highest BCUT2D eigenvalue weighted by Gasteiger charge is 2.33. The van der Waals surface area contributed by atoms with E-state index in [0.717, 1.165) is 16.8 Å².